The van der Waals surface area contributed by atoms with E-state index in [9.17, 15) is 15.2 Å². The highest BCUT2D eigenvalue weighted by molar-refractivity contribution is 6.14. The number of aliphatic hydroxyl groups excluding tert-OH is 1. The minimum absolute atomic E-state index is 0.277. The van der Waals surface area contributed by atoms with Crippen LogP contribution in [0.2, 0.25) is 0 Å². The summed E-state index contributed by atoms with van der Waals surface area (Å²) in [5, 5.41) is 24.4. The van der Waals surface area contributed by atoms with Crippen molar-refractivity contribution in [3.8, 4) is 11.8 Å². The first-order chi connectivity index (χ1) is 12.7. The molecule has 0 heterocycles. The molecule has 3 aromatic rings. The maximum Gasteiger partial charge on any atom is 0.270 e. The first-order valence-electron chi connectivity index (χ1n) is 7.91. The van der Waals surface area contributed by atoms with Crippen molar-refractivity contribution >= 4 is 28.1 Å². The molecular formula is C21H16N2O3. The van der Waals surface area contributed by atoms with Gasteiger partial charge in [0, 0.05) is 11.1 Å². The van der Waals surface area contributed by atoms with Crippen molar-refractivity contribution < 1.29 is 14.6 Å². The summed E-state index contributed by atoms with van der Waals surface area (Å²) in [5.74, 6) is -0.745. The number of amides is 1. The van der Waals surface area contributed by atoms with Gasteiger partial charge in [-0.15, -0.1) is 0 Å². The molecule has 2 N–H and O–H groups in total. The lowest BCUT2D eigenvalue weighted by Crippen LogP contribution is -2.15. The Bertz CT molecular complexity index is 1040. The van der Waals surface area contributed by atoms with Crippen LogP contribution in [-0.2, 0) is 4.79 Å². The van der Waals surface area contributed by atoms with Crippen LogP contribution in [0.25, 0.3) is 16.5 Å². The van der Waals surface area contributed by atoms with E-state index in [1.807, 2.05) is 36.4 Å². The molecule has 3 aromatic carbocycles. The molecule has 0 aliphatic carbocycles. The summed E-state index contributed by atoms with van der Waals surface area (Å²) in [6, 6.07) is 21.5. The second kappa shape index (κ2) is 7.41. The first kappa shape index (κ1) is 17.1. The molecule has 26 heavy (non-hydrogen) atoms. The van der Waals surface area contributed by atoms with Crippen LogP contribution in [-0.4, -0.2) is 18.1 Å². The molecule has 0 atom stereocenters. The number of carbonyl (C=O) groups excluding carboxylic acids is 1. The van der Waals surface area contributed by atoms with E-state index in [-0.39, 0.29) is 11.1 Å². The van der Waals surface area contributed by atoms with Gasteiger partial charge in [0.15, 0.2) is 5.57 Å². The average molecular weight is 344 g/mol. The summed E-state index contributed by atoms with van der Waals surface area (Å²) in [6.07, 6.45) is 0. The Morgan fingerprint density at radius 2 is 1.73 bits per heavy atom. The number of para-hydroxylation sites is 1. The third-order valence-electron chi connectivity index (χ3n) is 3.98. The third kappa shape index (κ3) is 3.21. The van der Waals surface area contributed by atoms with Crippen molar-refractivity contribution in [2.75, 3.05) is 12.4 Å². The fourth-order valence-corrected chi connectivity index (χ4v) is 2.71. The fourth-order valence-electron chi connectivity index (χ4n) is 2.71. The number of benzene rings is 3. The lowest BCUT2D eigenvalue weighted by atomic mass is 10.1. The number of anilines is 1. The second-order valence-corrected chi connectivity index (χ2v) is 5.52. The van der Waals surface area contributed by atoms with E-state index in [1.165, 1.54) is 7.11 Å². The van der Waals surface area contributed by atoms with Gasteiger partial charge in [-0.2, -0.15) is 5.26 Å². The molecule has 0 saturated heterocycles. The largest absolute Gasteiger partial charge is 0.506 e. The van der Waals surface area contributed by atoms with E-state index >= 15 is 0 Å². The Kier molecular flexibility index (Phi) is 4.86. The summed E-state index contributed by atoms with van der Waals surface area (Å²) >= 11 is 0. The normalized spacial score (nSPS) is 11.4. The predicted molar refractivity (Wildman–Crippen MR) is 101 cm³/mol. The number of methoxy groups -OCH3 is 1. The Labute approximate surface area is 150 Å². The van der Waals surface area contributed by atoms with Gasteiger partial charge in [0.25, 0.3) is 5.91 Å². The molecule has 1 amide bonds. The molecule has 0 fully saturated rings. The lowest BCUT2D eigenvalue weighted by Gasteiger charge is -2.11. The number of nitriles is 1. The predicted octanol–water partition coefficient (Wildman–Crippen LogP) is 4.28. The van der Waals surface area contributed by atoms with E-state index in [1.54, 1.807) is 36.4 Å². The maximum atomic E-state index is 12.6. The van der Waals surface area contributed by atoms with Crippen molar-refractivity contribution in [2.45, 2.75) is 0 Å². The third-order valence-corrected chi connectivity index (χ3v) is 3.98. The van der Waals surface area contributed by atoms with Gasteiger partial charge in [0.1, 0.15) is 17.6 Å². The lowest BCUT2D eigenvalue weighted by molar-refractivity contribution is -0.112. The van der Waals surface area contributed by atoms with Crippen LogP contribution in [0.3, 0.4) is 0 Å². The molecule has 0 saturated carbocycles. The van der Waals surface area contributed by atoms with Gasteiger partial charge in [-0.25, -0.2) is 0 Å². The quantitative estimate of drug-likeness (QED) is 0.420. The van der Waals surface area contributed by atoms with Crippen molar-refractivity contribution in [2.24, 2.45) is 0 Å². The Morgan fingerprint density at radius 1 is 1.04 bits per heavy atom. The van der Waals surface area contributed by atoms with Crippen LogP contribution in [0, 0.1) is 11.3 Å². The highest BCUT2D eigenvalue weighted by Crippen LogP contribution is 2.28. The number of aliphatic hydroxyl groups is 1. The van der Waals surface area contributed by atoms with Crippen LogP contribution >= 0.6 is 0 Å². The van der Waals surface area contributed by atoms with Gasteiger partial charge in [-0.05, 0) is 23.6 Å². The SMILES string of the molecule is COc1ccccc1/C(O)=C(\C#N)C(=O)Nc1cccc2ccccc12. The maximum absolute atomic E-state index is 12.6. The van der Waals surface area contributed by atoms with E-state index in [4.69, 9.17) is 4.74 Å². The average Bonchev–Trinajstić information content (AvgIpc) is 2.68. The number of fused-ring (bicyclic) bond motifs is 1. The zero-order chi connectivity index (χ0) is 18.5. The minimum atomic E-state index is -0.688. The summed E-state index contributed by atoms with van der Waals surface area (Å²) in [6.45, 7) is 0. The van der Waals surface area contributed by atoms with E-state index in [0.717, 1.165) is 10.8 Å². The Hall–Kier alpha value is -3.78. The van der Waals surface area contributed by atoms with E-state index < -0.39 is 11.7 Å². The molecule has 5 nitrogen and oxygen atoms in total. The van der Waals surface area contributed by atoms with Crippen molar-refractivity contribution in [3.63, 3.8) is 0 Å². The Morgan fingerprint density at radius 3 is 2.50 bits per heavy atom. The zero-order valence-electron chi connectivity index (χ0n) is 14.1. The molecular weight excluding hydrogens is 328 g/mol. The standard InChI is InChI=1S/C21H16N2O3/c1-26-19-12-5-4-10-16(19)20(24)17(13-22)21(25)23-18-11-6-8-14-7-2-3-9-15(14)18/h2-12,24H,1H3,(H,23,25)/b20-17-. The van der Waals surface area contributed by atoms with Crippen LogP contribution in [0.5, 0.6) is 5.75 Å². The van der Waals surface area contributed by atoms with Gasteiger partial charge in [-0.1, -0.05) is 48.5 Å². The summed E-state index contributed by atoms with van der Waals surface area (Å²) in [7, 11) is 1.45. The molecule has 5 heteroatoms. The fraction of sp³-hybridized carbons (Fsp3) is 0.0476. The van der Waals surface area contributed by atoms with E-state index in [2.05, 4.69) is 5.32 Å². The summed E-state index contributed by atoms with van der Waals surface area (Å²) < 4.78 is 5.18. The van der Waals surface area contributed by atoms with Crippen LogP contribution in [0.1, 0.15) is 5.56 Å². The number of hydrogen-bond donors (Lipinski definition) is 2. The second-order valence-electron chi connectivity index (χ2n) is 5.52. The molecule has 0 aliphatic heterocycles. The van der Waals surface area contributed by atoms with Gasteiger partial charge in [0.05, 0.1) is 12.7 Å². The van der Waals surface area contributed by atoms with Gasteiger partial charge in [0.2, 0.25) is 0 Å². The van der Waals surface area contributed by atoms with Crippen molar-refractivity contribution in [1.82, 2.24) is 0 Å². The number of nitrogens with one attached hydrogen (secondary N) is 1. The molecule has 0 aliphatic rings. The first-order valence-corrected chi connectivity index (χ1v) is 7.91. The highest BCUT2D eigenvalue weighted by Gasteiger charge is 2.19. The number of hydrogen-bond acceptors (Lipinski definition) is 4. The summed E-state index contributed by atoms with van der Waals surface area (Å²) in [5.41, 5.74) is 0.454. The molecule has 0 spiro atoms. The number of ether oxygens (including phenoxy) is 1. The molecule has 128 valence electrons. The number of rotatable bonds is 4. The van der Waals surface area contributed by atoms with Crippen LogP contribution < -0.4 is 10.1 Å². The van der Waals surface area contributed by atoms with Gasteiger partial charge in [-0.3, -0.25) is 4.79 Å². The Balaban J connectivity index is 2.00. The van der Waals surface area contributed by atoms with Crippen molar-refractivity contribution in [3.05, 3.63) is 77.9 Å². The molecule has 3 rings (SSSR count). The van der Waals surface area contributed by atoms with Crippen LogP contribution in [0.15, 0.2) is 72.3 Å². The van der Waals surface area contributed by atoms with Gasteiger partial charge >= 0.3 is 0 Å². The monoisotopic (exact) mass is 344 g/mol. The molecule has 0 aromatic heterocycles. The topological polar surface area (TPSA) is 82.3 Å². The molecule has 0 unspecified atom stereocenters. The smallest absolute Gasteiger partial charge is 0.270 e. The van der Waals surface area contributed by atoms with Gasteiger partial charge < -0.3 is 15.2 Å². The minimum Gasteiger partial charge on any atom is -0.506 e. The molecule has 0 radical (unpaired) electrons. The number of carbonyl (C=O) groups is 1. The molecule has 0 bridgehead atoms. The highest BCUT2D eigenvalue weighted by atomic mass is 16.5. The summed E-state index contributed by atoms with van der Waals surface area (Å²) in [4.78, 5) is 12.6. The van der Waals surface area contributed by atoms with Crippen molar-refractivity contribution in [1.29, 1.82) is 5.26 Å². The zero-order valence-corrected chi connectivity index (χ0v) is 14.1. The van der Waals surface area contributed by atoms with E-state index in [0.29, 0.717) is 11.4 Å². The number of nitrogens with zero attached hydrogens (tertiary/aromatic N) is 1. The van der Waals surface area contributed by atoms with Crippen LogP contribution in [0.4, 0.5) is 5.69 Å².